The number of esters is 1. The van der Waals surface area contributed by atoms with Crippen molar-refractivity contribution in [2.75, 3.05) is 24.9 Å². The zero-order valence-corrected chi connectivity index (χ0v) is 14.3. The van der Waals surface area contributed by atoms with E-state index in [2.05, 4.69) is 30.6 Å². The number of ether oxygens (including phenoxy) is 2. The Labute approximate surface area is 150 Å². The number of hydrogen-bond acceptors (Lipinski definition) is 8. The first kappa shape index (κ1) is 17.2. The number of methoxy groups -OCH3 is 2. The van der Waals surface area contributed by atoms with Crippen molar-refractivity contribution in [3.63, 3.8) is 0 Å². The summed E-state index contributed by atoms with van der Waals surface area (Å²) >= 11 is 0. The highest BCUT2D eigenvalue weighted by Gasteiger charge is 2.07. The number of nitrogens with one attached hydrogen (secondary N) is 2. The fourth-order valence-corrected chi connectivity index (χ4v) is 2.24. The molecule has 2 N–H and O–H groups in total. The predicted molar refractivity (Wildman–Crippen MR) is 97.2 cm³/mol. The molecule has 2 aromatic carbocycles. The van der Waals surface area contributed by atoms with Gasteiger partial charge in [-0.05, 0) is 36.4 Å². The van der Waals surface area contributed by atoms with E-state index in [0.717, 1.165) is 11.4 Å². The molecule has 0 fully saturated rings. The fourth-order valence-electron chi connectivity index (χ4n) is 2.24. The highest BCUT2D eigenvalue weighted by molar-refractivity contribution is 5.89. The van der Waals surface area contributed by atoms with Crippen LogP contribution in [0.3, 0.4) is 0 Å². The molecular formula is C18H17N5O3. The second kappa shape index (κ2) is 7.93. The molecule has 0 aliphatic rings. The van der Waals surface area contributed by atoms with Gasteiger partial charge in [0.25, 0.3) is 0 Å². The maximum Gasteiger partial charge on any atom is 0.337 e. The van der Waals surface area contributed by atoms with Crippen molar-refractivity contribution in [2.24, 2.45) is 0 Å². The minimum Gasteiger partial charge on any atom is -0.495 e. The first-order chi connectivity index (χ1) is 12.7. The van der Waals surface area contributed by atoms with Crippen molar-refractivity contribution in [1.29, 1.82) is 0 Å². The van der Waals surface area contributed by atoms with E-state index >= 15 is 0 Å². The number of hydrogen-bond donors (Lipinski definition) is 2. The van der Waals surface area contributed by atoms with Crippen LogP contribution in [0, 0.1) is 0 Å². The lowest BCUT2D eigenvalue weighted by atomic mass is 10.2. The molecule has 0 aliphatic carbocycles. The van der Waals surface area contributed by atoms with Crippen LogP contribution in [0.5, 0.6) is 5.75 Å². The molecule has 0 amide bonds. The lowest BCUT2D eigenvalue weighted by molar-refractivity contribution is 0.0601. The van der Waals surface area contributed by atoms with Gasteiger partial charge >= 0.3 is 5.97 Å². The van der Waals surface area contributed by atoms with Gasteiger partial charge in [0.05, 0.1) is 31.7 Å². The lowest BCUT2D eigenvalue weighted by Gasteiger charge is -2.10. The molecule has 3 rings (SSSR count). The molecule has 0 saturated heterocycles. The second-order valence-electron chi connectivity index (χ2n) is 5.18. The first-order valence-electron chi connectivity index (χ1n) is 7.75. The zero-order valence-electron chi connectivity index (χ0n) is 14.3. The van der Waals surface area contributed by atoms with Gasteiger partial charge in [-0.3, -0.25) is 0 Å². The van der Waals surface area contributed by atoms with Crippen LogP contribution >= 0.6 is 0 Å². The number of benzene rings is 2. The number of anilines is 4. The van der Waals surface area contributed by atoms with Gasteiger partial charge in [0.2, 0.25) is 5.95 Å². The van der Waals surface area contributed by atoms with Gasteiger partial charge in [-0.1, -0.05) is 12.1 Å². The molecule has 132 valence electrons. The van der Waals surface area contributed by atoms with E-state index in [1.165, 1.54) is 13.3 Å². The second-order valence-corrected chi connectivity index (χ2v) is 5.18. The third-order valence-corrected chi connectivity index (χ3v) is 3.49. The van der Waals surface area contributed by atoms with Crippen LogP contribution < -0.4 is 15.4 Å². The van der Waals surface area contributed by atoms with Gasteiger partial charge < -0.3 is 20.1 Å². The number of carbonyl (C=O) groups excluding carboxylic acids is 1. The summed E-state index contributed by atoms with van der Waals surface area (Å²) in [5.41, 5.74) is 1.95. The van der Waals surface area contributed by atoms with Gasteiger partial charge in [0.1, 0.15) is 5.75 Å². The molecule has 0 atom stereocenters. The van der Waals surface area contributed by atoms with E-state index < -0.39 is 0 Å². The van der Waals surface area contributed by atoms with Crippen molar-refractivity contribution in [3.8, 4) is 5.75 Å². The highest BCUT2D eigenvalue weighted by Crippen LogP contribution is 2.25. The molecule has 0 unspecified atom stereocenters. The third-order valence-electron chi connectivity index (χ3n) is 3.49. The normalized spacial score (nSPS) is 10.1. The van der Waals surface area contributed by atoms with Crippen LogP contribution in [0.4, 0.5) is 23.1 Å². The molecule has 8 nitrogen and oxygen atoms in total. The van der Waals surface area contributed by atoms with Crippen molar-refractivity contribution in [3.05, 3.63) is 60.3 Å². The molecule has 0 aliphatic heterocycles. The van der Waals surface area contributed by atoms with Crippen molar-refractivity contribution < 1.29 is 14.3 Å². The Morgan fingerprint density at radius 3 is 2.50 bits per heavy atom. The van der Waals surface area contributed by atoms with E-state index in [0.29, 0.717) is 23.1 Å². The van der Waals surface area contributed by atoms with E-state index in [1.807, 2.05) is 24.3 Å². The maximum absolute atomic E-state index is 11.5. The van der Waals surface area contributed by atoms with Crippen molar-refractivity contribution in [2.45, 2.75) is 0 Å². The van der Waals surface area contributed by atoms with Gasteiger partial charge in [0, 0.05) is 5.69 Å². The third kappa shape index (κ3) is 4.04. The van der Waals surface area contributed by atoms with Gasteiger partial charge in [0.15, 0.2) is 5.82 Å². The predicted octanol–water partition coefficient (Wildman–Crippen LogP) is 3.15. The SMILES string of the molecule is COC(=O)c1ccc(Nc2cnnc(Nc3ccccc3OC)n2)cc1. The summed E-state index contributed by atoms with van der Waals surface area (Å²) < 4.78 is 9.97. The quantitative estimate of drug-likeness (QED) is 0.654. The Kier molecular flexibility index (Phi) is 5.23. The van der Waals surface area contributed by atoms with Crippen LogP contribution in [0.1, 0.15) is 10.4 Å². The Morgan fingerprint density at radius 1 is 1.00 bits per heavy atom. The Bertz CT molecular complexity index is 899. The molecule has 0 saturated carbocycles. The molecule has 1 aromatic heterocycles. The summed E-state index contributed by atoms with van der Waals surface area (Å²) in [6, 6.07) is 14.3. The number of nitrogens with zero attached hydrogens (tertiary/aromatic N) is 3. The number of para-hydroxylation sites is 2. The minimum atomic E-state index is -0.386. The summed E-state index contributed by atoms with van der Waals surface area (Å²) in [4.78, 5) is 15.8. The topological polar surface area (TPSA) is 98.3 Å². The molecule has 0 spiro atoms. The molecule has 26 heavy (non-hydrogen) atoms. The number of carbonyl (C=O) groups is 1. The zero-order chi connectivity index (χ0) is 18.4. The van der Waals surface area contributed by atoms with E-state index in [4.69, 9.17) is 4.74 Å². The van der Waals surface area contributed by atoms with Crippen LogP contribution in [0.25, 0.3) is 0 Å². The molecule has 3 aromatic rings. The molecule has 0 radical (unpaired) electrons. The average Bonchev–Trinajstić information content (AvgIpc) is 2.69. The summed E-state index contributed by atoms with van der Waals surface area (Å²) in [6.45, 7) is 0. The molecule has 1 heterocycles. The van der Waals surface area contributed by atoms with Crippen LogP contribution in [-0.2, 0) is 4.74 Å². The van der Waals surface area contributed by atoms with Crippen LogP contribution in [-0.4, -0.2) is 35.4 Å². The maximum atomic E-state index is 11.5. The Morgan fingerprint density at radius 2 is 1.77 bits per heavy atom. The van der Waals surface area contributed by atoms with E-state index in [9.17, 15) is 4.79 Å². The lowest BCUT2D eigenvalue weighted by Crippen LogP contribution is -2.04. The van der Waals surface area contributed by atoms with E-state index in [-0.39, 0.29) is 5.97 Å². The average molecular weight is 351 g/mol. The monoisotopic (exact) mass is 351 g/mol. The summed E-state index contributed by atoms with van der Waals surface area (Å²) in [5, 5.41) is 14.1. The number of aromatic nitrogens is 3. The Hall–Kier alpha value is -3.68. The largest absolute Gasteiger partial charge is 0.495 e. The molecular weight excluding hydrogens is 334 g/mol. The van der Waals surface area contributed by atoms with Gasteiger partial charge in [-0.15, -0.1) is 5.10 Å². The fraction of sp³-hybridized carbons (Fsp3) is 0.111. The van der Waals surface area contributed by atoms with Crippen molar-refractivity contribution >= 4 is 29.1 Å². The highest BCUT2D eigenvalue weighted by atomic mass is 16.5. The minimum absolute atomic E-state index is 0.325. The van der Waals surface area contributed by atoms with Crippen molar-refractivity contribution in [1.82, 2.24) is 15.2 Å². The summed E-state index contributed by atoms with van der Waals surface area (Å²) in [7, 11) is 2.94. The summed E-state index contributed by atoms with van der Waals surface area (Å²) in [5.74, 6) is 1.12. The molecule has 8 heteroatoms. The first-order valence-corrected chi connectivity index (χ1v) is 7.75. The van der Waals surface area contributed by atoms with Gasteiger partial charge in [-0.2, -0.15) is 10.1 Å². The van der Waals surface area contributed by atoms with Gasteiger partial charge in [-0.25, -0.2) is 4.79 Å². The van der Waals surface area contributed by atoms with Crippen LogP contribution in [0.2, 0.25) is 0 Å². The van der Waals surface area contributed by atoms with Crippen LogP contribution in [0.15, 0.2) is 54.7 Å². The Balaban J connectivity index is 1.74. The van der Waals surface area contributed by atoms with E-state index in [1.54, 1.807) is 31.4 Å². The standard InChI is InChI=1S/C18H17N5O3/c1-25-15-6-4-3-5-14(15)21-18-22-16(11-19-23-18)20-13-9-7-12(8-10-13)17(24)26-2/h3-11H,1-2H3,(H2,20,21,22,23). The molecule has 0 bridgehead atoms. The summed E-state index contributed by atoms with van der Waals surface area (Å²) in [6.07, 6.45) is 1.50. The smallest absolute Gasteiger partial charge is 0.337 e. The number of rotatable bonds is 6.